The molecule has 0 saturated carbocycles. The first kappa shape index (κ1) is 23.2. The SMILES string of the molecule is CCCC(=N)C1CCN(C(=O)Nc2cc(Nc3cccc4c3ccn4C(=O)NC)ncn2)CC1. The van der Waals surface area contributed by atoms with Crippen molar-refractivity contribution in [1.82, 2.24) is 24.8 Å². The summed E-state index contributed by atoms with van der Waals surface area (Å²) in [6.45, 7) is 3.34. The molecule has 3 amide bonds. The van der Waals surface area contributed by atoms with Gasteiger partial charge < -0.3 is 20.9 Å². The number of piperidine rings is 1. The van der Waals surface area contributed by atoms with Crippen LogP contribution in [0.15, 0.2) is 42.9 Å². The maximum atomic E-state index is 12.7. The van der Waals surface area contributed by atoms with Crippen molar-refractivity contribution in [1.29, 1.82) is 5.41 Å². The van der Waals surface area contributed by atoms with Gasteiger partial charge in [0.25, 0.3) is 0 Å². The molecule has 0 atom stereocenters. The number of nitrogens with zero attached hydrogens (tertiary/aromatic N) is 4. The van der Waals surface area contributed by atoms with Gasteiger partial charge in [-0.05, 0) is 43.4 Å². The molecule has 10 nitrogen and oxygen atoms in total. The van der Waals surface area contributed by atoms with Crippen LogP contribution in [0.2, 0.25) is 0 Å². The molecule has 0 bridgehead atoms. The fourth-order valence-corrected chi connectivity index (χ4v) is 4.30. The van der Waals surface area contributed by atoms with Crippen molar-refractivity contribution in [3.8, 4) is 0 Å². The molecule has 1 aliphatic heterocycles. The third-order valence-corrected chi connectivity index (χ3v) is 6.12. The minimum absolute atomic E-state index is 0.199. The lowest BCUT2D eigenvalue weighted by Gasteiger charge is -2.32. The molecule has 178 valence electrons. The van der Waals surface area contributed by atoms with Gasteiger partial charge in [0.2, 0.25) is 0 Å². The smallest absolute Gasteiger partial charge is 0.325 e. The summed E-state index contributed by atoms with van der Waals surface area (Å²) in [6, 6.07) is 8.75. The summed E-state index contributed by atoms with van der Waals surface area (Å²) < 4.78 is 1.54. The monoisotopic (exact) mass is 462 g/mol. The number of nitrogens with one attached hydrogen (secondary N) is 4. The van der Waals surface area contributed by atoms with Gasteiger partial charge in [0.1, 0.15) is 18.0 Å². The molecule has 34 heavy (non-hydrogen) atoms. The third-order valence-electron chi connectivity index (χ3n) is 6.12. The van der Waals surface area contributed by atoms with Crippen LogP contribution in [0.3, 0.4) is 0 Å². The highest BCUT2D eigenvalue weighted by molar-refractivity contribution is 5.99. The summed E-state index contributed by atoms with van der Waals surface area (Å²) in [4.78, 5) is 35.0. The maximum Gasteiger partial charge on any atom is 0.325 e. The van der Waals surface area contributed by atoms with E-state index in [1.807, 2.05) is 24.3 Å². The first-order valence-corrected chi connectivity index (χ1v) is 11.5. The summed E-state index contributed by atoms with van der Waals surface area (Å²) in [6.07, 6.45) is 6.57. The van der Waals surface area contributed by atoms with E-state index in [-0.39, 0.29) is 18.0 Å². The topological polar surface area (TPSA) is 128 Å². The summed E-state index contributed by atoms with van der Waals surface area (Å²) in [7, 11) is 1.59. The molecule has 1 aromatic carbocycles. The molecule has 3 aromatic rings. The van der Waals surface area contributed by atoms with Gasteiger partial charge in [-0.3, -0.25) is 9.88 Å². The fourth-order valence-electron chi connectivity index (χ4n) is 4.30. The molecule has 1 aliphatic rings. The molecule has 2 aromatic heterocycles. The number of carbonyl (C=O) groups excluding carboxylic acids is 2. The first-order valence-electron chi connectivity index (χ1n) is 11.5. The lowest BCUT2D eigenvalue weighted by Crippen LogP contribution is -2.42. The van der Waals surface area contributed by atoms with Crippen LogP contribution in [-0.2, 0) is 0 Å². The van der Waals surface area contributed by atoms with Crippen molar-refractivity contribution >= 4 is 46.0 Å². The molecule has 4 N–H and O–H groups in total. The fraction of sp³-hybridized carbons (Fsp3) is 0.375. The highest BCUT2D eigenvalue weighted by atomic mass is 16.2. The maximum absolute atomic E-state index is 12.7. The molecular weight excluding hydrogens is 432 g/mol. The molecule has 1 fully saturated rings. The minimum atomic E-state index is -0.217. The molecule has 10 heteroatoms. The predicted molar refractivity (Wildman–Crippen MR) is 133 cm³/mol. The van der Waals surface area contributed by atoms with Gasteiger partial charge in [0, 0.05) is 49.2 Å². The number of benzene rings is 1. The summed E-state index contributed by atoms with van der Waals surface area (Å²) in [5, 5.41) is 17.8. The van der Waals surface area contributed by atoms with E-state index in [9.17, 15) is 9.59 Å². The largest absolute Gasteiger partial charge is 0.340 e. The molecule has 1 saturated heterocycles. The summed E-state index contributed by atoms with van der Waals surface area (Å²) >= 11 is 0. The first-order chi connectivity index (χ1) is 16.5. The Balaban J connectivity index is 1.41. The van der Waals surface area contributed by atoms with Crippen molar-refractivity contribution in [3.05, 3.63) is 42.9 Å². The number of fused-ring (bicyclic) bond motifs is 1. The van der Waals surface area contributed by atoms with E-state index in [1.54, 1.807) is 28.8 Å². The number of amides is 3. The molecule has 0 aliphatic carbocycles. The van der Waals surface area contributed by atoms with Crippen LogP contribution < -0.4 is 16.0 Å². The molecule has 0 radical (unpaired) electrons. The van der Waals surface area contributed by atoms with Gasteiger partial charge in [0.05, 0.1) is 5.52 Å². The number of hydrogen-bond acceptors (Lipinski definition) is 6. The Hall–Kier alpha value is -3.95. The number of urea groups is 1. The molecule has 0 spiro atoms. The van der Waals surface area contributed by atoms with E-state index in [0.29, 0.717) is 24.7 Å². The minimum Gasteiger partial charge on any atom is -0.340 e. The molecule has 0 unspecified atom stereocenters. The van der Waals surface area contributed by atoms with Gasteiger partial charge in [0.15, 0.2) is 0 Å². The van der Waals surface area contributed by atoms with Crippen molar-refractivity contribution in [2.45, 2.75) is 32.6 Å². The second-order valence-electron chi connectivity index (χ2n) is 8.36. The van der Waals surface area contributed by atoms with E-state index in [0.717, 1.165) is 48.0 Å². The lowest BCUT2D eigenvalue weighted by molar-refractivity contribution is 0.193. The standard InChI is InChI=1S/C24H30N8O2/c1-3-5-18(25)16-8-11-31(12-9-16)24(34)30-22-14-21(27-15-28-22)29-19-6-4-7-20-17(19)10-13-32(20)23(33)26-2/h4,6-7,10,13-16,25H,3,5,8-9,11-12H2,1-2H3,(H,26,33)(H2,27,28,29,30,34). The number of carbonyl (C=O) groups is 2. The number of aromatic nitrogens is 3. The van der Waals surface area contributed by atoms with Crippen molar-refractivity contribution in [2.75, 3.05) is 30.8 Å². The summed E-state index contributed by atoms with van der Waals surface area (Å²) in [5.74, 6) is 1.20. The quantitative estimate of drug-likeness (QED) is 0.403. The second-order valence-corrected chi connectivity index (χ2v) is 8.36. The predicted octanol–water partition coefficient (Wildman–Crippen LogP) is 4.43. The molecular formula is C24H30N8O2. The van der Waals surface area contributed by atoms with E-state index >= 15 is 0 Å². The Morgan fingerprint density at radius 1 is 1.12 bits per heavy atom. The zero-order chi connectivity index (χ0) is 24.1. The second kappa shape index (κ2) is 10.3. The Bertz CT molecular complexity index is 1200. The van der Waals surface area contributed by atoms with Gasteiger partial charge in [-0.2, -0.15) is 0 Å². The van der Waals surface area contributed by atoms with Crippen LogP contribution in [0.25, 0.3) is 10.9 Å². The third kappa shape index (κ3) is 5.00. The average molecular weight is 463 g/mol. The highest BCUT2D eigenvalue weighted by Gasteiger charge is 2.25. The average Bonchev–Trinajstić information content (AvgIpc) is 3.29. The van der Waals surface area contributed by atoms with Crippen LogP contribution in [0, 0.1) is 11.3 Å². The number of hydrogen-bond donors (Lipinski definition) is 4. The van der Waals surface area contributed by atoms with Crippen LogP contribution >= 0.6 is 0 Å². The van der Waals surface area contributed by atoms with Gasteiger partial charge in [-0.25, -0.2) is 19.6 Å². The van der Waals surface area contributed by atoms with Gasteiger partial charge >= 0.3 is 12.1 Å². The van der Waals surface area contributed by atoms with E-state index in [2.05, 4.69) is 32.8 Å². The zero-order valence-corrected chi connectivity index (χ0v) is 19.5. The number of likely N-dealkylation sites (tertiary alicyclic amines) is 1. The van der Waals surface area contributed by atoms with Crippen LogP contribution in [0.5, 0.6) is 0 Å². The lowest BCUT2D eigenvalue weighted by atomic mass is 9.90. The zero-order valence-electron chi connectivity index (χ0n) is 19.5. The Kier molecular flexibility index (Phi) is 7.05. The number of anilines is 3. The van der Waals surface area contributed by atoms with Gasteiger partial charge in [-0.15, -0.1) is 0 Å². The molecule has 4 rings (SSSR count). The van der Waals surface area contributed by atoms with Crippen molar-refractivity contribution < 1.29 is 9.59 Å². The van der Waals surface area contributed by atoms with Crippen molar-refractivity contribution in [2.24, 2.45) is 5.92 Å². The number of rotatable bonds is 6. The van der Waals surface area contributed by atoms with Gasteiger partial charge in [-0.1, -0.05) is 19.4 Å². The Morgan fingerprint density at radius 2 is 1.88 bits per heavy atom. The van der Waals surface area contributed by atoms with Crippen molar-refractivity contribution in [3.63, 3.8) is 0 Å². The van der Waals surface area contributed by atoms with Crippen LogP contribution in [-0.4, -0.2) is 57.3 Å². The molecule has 3 heterocycles. The van der Waals surface area contributed by atoms with Crippen LogP contribution in [0.1, 0.15) is 32.6 Å². The summed E-state index contributed by atoms with van der Waals surface area (Å²) in [5.41, 5.74) is 2.35. The Morgan fingerprint density at radius 3 is 2.62 bits per heavy atom. The van der Waals surface area contributed by atoms with Crippen LogP contribution in [0.4, 0.5) is 26.9 Å². The van der Waals surface area contributed by atoms with E-state index in [4.69, 9.17) is 5.41 Å². The van der Waals surface area contributed by atoms with E-state index < -0.39 is 0 Å². The van der Waals surface area contributed by atoms with E-state index in [1.165, 1.54) is 6.33 Å². The Labute approximate surface area is 198 Å². The highest BCUT2D eigenvalue weighted by Crippen LogP contribution is 2.27. The normalized spacial score (nSPS) is 14.1.